The predicted octanol–water partition coefficient (Wildman–Crippen LogP) is 3.82. The Hall–Kier alpha value is -2.67. The van der Waals surface area contributed by atoms with Gasteiger partial charge in [0.2, 0.25) is 5.91 Å². The first-order valence-electron chi connectivity index (χ1n) is 9.11. The molecule has 27 heavy (non-hydrogen) atoms. The van der Waals surface area contributed by atoms with Gasteiger partial charge in [0.05, 0.1) is 5.75 Å². The lowest BCUT2D eigenvalue weighted by Crippen LogP contribution is -2.32. The zero-order valence-electron chi connectivity index (χ0n) is 15.2. The third-order valence-electron chi connectivity index (χ3n) is 4.51. The topological polar surface area (TPSA) is 63.9 Å². The van der Waals surface area contributed by atoms with Crippen molar-refractivity contribution in [1.29, 1.82) is 0 Å². The van der Waals surface area contributed by atoms with Crippen LogP contribution >= 0.6 is 11.8 Å². The summed E-state index contributed by atoms with van der Waals surface area (Å²) in [6.07, 6.45) is 5.80. The van der Waals surface area contributed by atoms with Gasteiger partial charge in [-0.05, 0) is 44.0 Å². The Balaban J connectivity index is 1.52. The Labute approximate surface area is 162 Å². The fourth-order valence-corrected chi connectivity index (χ4v) is 3.93. The van der Waals surface area contributed by atoms with Gasteiger partial charge in [-0.1, -0.05) is 30.0 Å². The zero-order valence-corrected chi connectivity index (χ0v) is 16.0. The molecule has 0 aliphatic heterocycles. The van der Waals surface area contributed by atoms with Crippen LogP contribution in [0.15, 0.2) is 60.0 Å². The van der Waals surface area contributed by atoms with Gasteiger partial charge in [0.1, 0.15) is 0 Å². The Bertz CT molecular complexity index is 909. The molecule has 1 aliphatic carbocycles. The largest absolute Gasteiger partial charge is 0.312 e. The lowest BCUT2D eigenvalue weighted by atomic mass is 10.3. The highest BCUT2D eigenvalue weighted by atomic mass is 32.2. The van der Waals surface area contributed by atoms with Crippen molar-refractivity contribution in [2.75, 3.05) is 17.2 Å². The Morgan fingerprint density at radius 2 is 2.00 bits per heavy atom. The maximum absolute atomic E-state index is 12.8. The molecule has 4 rings (SSSR count). The normalized spacial score (nSPS) is 13.5. The molecule has 1 amide bonds. The average molecular weight is 379 g/mol. The van der Waals surface area contributed by atoms with Gasteiger partial charge in [-0.15, -0.1) is 10.2 Å². The number of carbonyl (C=O) groups excluding carboxylic acids is 1. The van der Waals surface area contributed by atoms with E-state index in [0.717, 1.165) is 35.1 Å². The van der Waals surface area contributed by atoms with Crippen molar-refractivity contribution in [2.24, 2.45) is 0 Å². The Kier molecular flexibility index (Phi) is 5.20. The van der Waals surface area contributed by atoms with Crippen molar-refractivity contribution >= 4 is 23.4 Å². The molecular weight excluding hydrogens is 358 g/mol. The van der Waals surface area contributed by atoms with Gasteiger partial charge in [-0.3, -0.25) is 14.3 Å². The predicted molar refractivity (Wildman–Crippen MR) is 107 cm³/mol. The number of carbonyl (C=O) groups is 1. The number of benzene rings is 1. The van der Waals surface area contributed by atoms with Crippen LogP contribution in [0, 0.1) is 0 Å². The highest BCUT2D eigenvalue weighted by Gasteiger charge is 2.30. The van der Waals surface area contributed by atoms with Gasteiger partial charge in [-0.25, -0.2) is 0 Å². The molecule has 3 aromatic rings. The molecule has 0 N–H and O–H groups in total. The number of hydrogen-bond acceptors (Lipinski definition) is 5. The standard InChI is InChI=1S/C20H21N5OS/c1-2-24(16-8-4-3-5-9-16)18(26)14-27-20-23-22-19(25(20)17-10-11-17)15-7-6-12-21-13-15/h3-9,12-13,17H,2,10-11,14H2,1H3. The second kappa shape index (κ2) is 7.92. The summed E-state index contributed by atoms with van der Waals surface area (Å²) in [6.45, 7) is 2.63. The van der Waals surface area contributed by atoms with Crippen LogP contribution in [0.1, 0.15) is 25.8 Å². The molecule has 1 aliphatic rings. The first-order valence-corrected chi connectivity index (χ1v) is 10.1. The van der Waals surface area contributed by atoms with E-state index in [2.05, 4.69) is 19.7 Å². The van der Waals surface area contributed by atoms with E-state index in [1.165, 1.54) is 11.8 Å². The molecule has 2 heterocycles. The van der Waals surface area contributed by atoms with Crippen LogP contribution in [0.25, 0.3) is 11.4 Å². The average Bonchev–Trinajstić information content (AvgIpc) is 3.47. The second-order valence-corrected chi connectivity index (χ2v) is 7.35. The fourth-order valence-electron chi connectivity index (χ4n) is 3.04. The summed E-state index contributed by atoms with van der Waals surface area (Å²) in [7, 11) is 0. The number of para-hydroxylation sites is 1. The van der Waals surface area contributed by atoms with E-state index in [9.17, 15) is 4.79 Å². The highest BCUT2D eigenvalue weighted by molar-refractivity contribution is 7.99. The number of amides is 1. The van der Waals surface area contributed by atoms with E-state index in [-0.39, 0.29) is 5.91 Å². The molecule has 1 fully saturated rings. The summed E-state index contributed by atoms with van der Waals surface area (Å²) in [5, 5.41) is 9.54. The number of thioether (sulfide) groups is 1. The van der Waals surface area contributed by atoms with Gasteiger partial charge < -0.3 is 4.90 Å². The molecule has 138 valence electrons. The summed E-state index contributed by atoms with van der Waals surface area (Å²) < 4.78 is 2.16. The number of hydrogen-bond donors (Lipinski definition) is 0. The lowest BCUT2D eigenvalue weighted by Gasteiger charge is -2.20. The quantitative estimate of drug-likeness (QED) is 0.584. The molecule has 0 saturated heterocycles. The molecule has 0 atom stereocenters. The summed E-state index contributed by atoms with van der Waals surface area (Å²) in [5.41, 5.74) is 1.87. The van der Waals surface area contributed by atoms with E-state index in [1.807, 2.05) is 49.4 Å². The molecule has 1 aromatic carbocycles. The maximum atomic E-state index is 12.8. The third kappa shape index (κ3) is 3.88. The van der Waals surface area contributed by atoms with Crippen molar-refractivity contribution in [3.8, 4) is 11.4 Å². The van der Waals surface area contributed by atoms with Crippen molar-refractivity contribution in [3.05, 3.63) is 54.9 Å². The van der Waals surface area contributed by atoms with Gasteiger partial charge in [0.25, 0.3) is 0 Å². The van der Waals surface area contributed by atoms with Crippen LogP contribution in [-0.2, 0) is 4.79 Å². The number of nitrogens with zero attached hydrogens (tertiary/aromatic N) is 5. The summed E-state index contributed by atoms with van der Waals surface area (Å²) in [5.74, 6) is 1.23. The maximum Gasteiger partial charge on any atom is 0.237 e. The molecular formula is C20H21N5OS. The number of rotatable bonds is 7. The second-order valence-electron chi connectivity index (χ2n) is 6.41. The third-order valence-corrected chi connectivity index (χ3v) is 5.43. The van der Waals surface area contributed by atoms with E-state index in [4.69, 9.17) is 0 Å². The van der Waals surface area contributed by atoms with Crippen LogP contribution in [0.5, 0.6) is 0 Å². The van der Waals surface area contributed by atoms with Crippen molar-refractivity contribution < 1.29 is 4.79 Å². The summed E-state index contributed by atoms with van der Waals surface area (Å²) >= 11 is 1.46. The van der Waals surface area contributed by atoms with Crippen LogP contribution in [0.3, 0.4) is 0 Å². The Morgan fingerprint density at radius 3 is 2.67 bits per heavy atom. The van der Waals surface area contributed by atoms with E-state index < -0.39 is 0 Å². The van der Waals surface area contributed by atoms with Crippen LogP contribution in [-0.4, -0.2) is 38.0 Å². The van der Waals surface area contributed by atoms with Crippen molar-refractivity contribution in [3.63, 3.8) is 0 Å². The smallest absolute Gasteiger partial charge is 0.237 e. The van der Waals surface area contributed by atoms with E-state index >= 15 is 0 Å². The minimum atomic E-state index is 0.0713. The van der Waals surface area contributed by atoms with Crippen LogP contribution in [0.2, 0.25) is 0 Å². The minimum absolute atomic E-state index is 0.0713. The van der Waals surface area contributed by atoms with E-state index in [1.54, 1.807) is 17.3 Å². The summed E-state index contributed by atoms with van der Waals surface area (Å²) in [4.78, 5) is 18.7. The molecule has 1 saturated carbocycles. The summed E-state index contributed by atoms with van der Waals surface area (Å²) in [6, 6.07) is 14.1. The number of anilines is 1. The van der Waals surface area contributed by atoms with Crippen molar-refractivity contribution in [2.45, 2.75) is 31.0 Å². The zero-order chi connectivity index (χ0) is 18.6. The fraction of sp³-hybridized carbons (Fsp3) is 0.300. The van der Waals surface area contributed by atoms with Gasteiger partial charge in [0, 0.05) is 36.2 Å². The van der Waals surface area contributed by atoms with Gasteiger partial charge in [0.15, 0.2) is 11.0 Å². The monoisotopic (exact) mass is 379 g/mol. The molecule has 0 bridgehead atoms. The number of aromatic nitrogens is 4. The first-order chi connectivity index (χ1) is 13.3. The highest BCUT2D eigenvalue weighted by Crippen LogP contribution is 2.41. The van der Waals surface area contributed by atoms with Gasteiger partial charge >= 0.3 is 0 Å². The van der Waals surface area contributed by atoms with Gasteiger partial charge in [-0.2, -0.15) is 0 Å². The molecule has 0 unspecified atom stereocenters. The SMILES string of the molecule is CCN(C(=O)CSc1nnc(-c2cccnc2)n1C1CC1)c1ccccc1. The molecule has 6 nitrogen and oxygen atoms in total. The van der Waals surface area contributed by atoms with E-state index in [0.29, 0.717) is 18.3 Å². The first kappa shape index (κ1) is 17.7. The number of pyridine rings is 1. The van der Waals surface area contributed by atoms with Crippen LogP contribution < -0.4 is 4.90 Å². The molecule has 0 radical (unpaired) electrons. The molecule has 2 aromatic heterocycles. The minimum Gasteiger partial charge on any atom is -0.312 e. The molecule has 7 heteroatoms. The lowest BCUT2D eigenvalue weighted by molar-refractivity contribution is -0.116. The molecule has 0 spiro atoms. The Morgan fingerprint density at radius 1 is 1.19 bits per heavy atom. The van der Waals surface area contributed by atoms with Crippen molar-refractivity contribution in [1.82, 2.24) is 19.7 Å². The van der Waals surface area contributed by atoms with Crippen LogP contribution in [0.4, 0.5) is 5.69 Å².